The van der Waals surface area contributed by atoms with Crippen LogP contribution >= 0.6 is 15.9 Å². The van der Waals surface area contributed by atoms with Crippen LogP contribution in [0.5, 0.6) is 0 Å². The predicted octanol–water partition coefficient (Wildman–Crippen LogP) is 1.75. The zero-order valence-corrected chi connectivity index (χ0v) is 15.3. The summed E-state index contributed by atoms with van der Waals surface area (Å²) >= 11 is 3.40. The fourth-order valence-corrected chi connectivity index (χ4v) is 2.94. The van der Waals surface area contributed by atoms with Crippen molar-refractivity contribution in [3.63, 3.8) is 0 Å². The zero-order chi connectivity index (χ0) is 17.5. The molecule has 0 aliphatic heterocycles. The van der Waals surface area contributed by atoms with E-state index in [2.05, 4.69) is 36.4 Å². The molecule has 0 aliphatic carbocycles. The standard InChI is InChI=1S/C15H19BrN6O2/c1-15(2,23)7-22-10(6-19-24-3)21-12-13(22)11-9(20-14(12)17)4-8(16)5-18-11/h4-5,19,23H,6-7H2,1-3H3,(H2,17,20). The first-order chi connectivity index (χ1) is 11.3. The molecule has 0 atom stereocenters. The van der Waals surface area contributed by atoms with E-state index < -0.39 is 5.60 Å². The van der Waals surface area contributed by atoms with Gasteiger partial charge in [-0.15, -0.1) is 0 Å². The molecule has 8 nitrogen and oxygen atoms in total. The predicted molar refractivity (Wildman–Crippen MR) is 95.1 cm³/mol. The fourth-order valence-electron chi connectivity index (χ4n) is 2.63. The number of imidazole rings is 1. The lowest BCUT2D eigenvalue weighted by atomic mass is 10.1. The molecule has 3 aromatic rings. The summed E-state index contributed by atoms with van der Waals surface area (Å²) in [5.41, 5.74) is 10.6. The number of rotatable bonds is 5. The minimum Gasteiger partial charge on any atom is -0.389 e. The van der Waals surface area contributed by atoms with Crippen LogP contribution in [0, 0.1) is 0 Å². The average Bonchev–Trinajstić information content (AvgIpc) is 2.82. The Kier molecular flexibility index (Phi) is 4.43. The number of fused-ring (bicyclic) bond motifs is 3. The van der Waals surface area contributed by atoms with E-state index in [0.29, 0.717) is 41.3 Å². The lowest BCUT2D eigenvalue weighted by Crippen LogP contribution is -2.28. The second kappa shape index (κ2) is 6.25. The van der Waals surface area contributed by atoms with Crippen molar-refractivity contribution >= 4 is 43.8 Å². The van der Waals surface area contributed by atoms with Gasteiger partial charge in [0.1, 0.15) is 22.4 Å². The first kappa shape index (κ1) is 17.0. The van der Waals surface area contributed by atoms with Crippen molar-refractivity contribution < 1.29 is 9.94 Å². The lowest BCUT2D eigenvalue weighted by molar-refractivity contribution is 0.0581. The summed E-state index contributed by atoms with van der Waals surface area (Å²) in [5, 5.41) is 10.3. The topological polar surface area (TPSA) is 111 Å². The number of hydroxylamine groups is 1. The highest BCUT2D eigenvalue weighted by Crippen LogP contribution is 2.29. The van der Waals surface area contributed by atoms with E-state index in [9.17, 15) is 5.11 Å². The molecular formula is C15H19BrN6O2. The maximum atomic E-state index is 10.3. The summed E-state index contributed by atoms with van der Waals surface area (Å²) < 4.78 is 2.72. The van der Waals surface area contributed by atoms with E-state index in [1.165, 1.54) is 7.11 Å². The zero-order valence-electron chi connectivity index (χ0n) is 13.7. The Balaban J connectivity index is 2.34. The van der Waals surface area contributed by atoms with Gasteiger partial charge in [0.2, 0.25) is 0 Å². The average molecular weight is 395 g/mol. The number of hydrogen-bond acceptors (Lipinski definition) is 7. The summed E-state index contributed by atoms with van der Waals surface area (Å²) in [6.45, 7) is 4.17. The lowest BCUT2D eigenvalue weighted by Gasteiger charge is -2.20. The normalized spacial score (nSPS) is 12.4. The maximum absolute atomic E-state index is 10.3. The van der Waals surface area contributed by atoms with Crippen LogP contribution < -0.4 is 11.2 Å². The molecule has 0 aromatic carbocycles. The van der Waals surface area contributed by atoms with Crippen LogP contribution in [0.25, 0.3) is 22.1 Å². The number of anilines is 1. The van der Waals surface area contributed by atoms with Crippen molar-refractivity contribution in [3.8, 4) is 0 Å². The molecule has 0 fully saturated rings. The summed E-state index contributed by atoms with van der Waals surface area (Å²) in [7, 11) is 1.54. The molecule has 0 bridgehead atoms. The molecule has 0 radical (unpaired) electrons. The van der Waals surface area contributed by atoms with E-state index in [1.807, 2.05) is 10.6 Å². The SMILES string of the molecule is CONCc1nc2c(N)nc3cc(Br)cnc3c2n1CC(C)(C)O. The molecule has 9 heteroatoms. The Morgan fingerprint density at radius 3 is 2.79 bits per heavy atom. The number of nitrogen functional groups attached to an aromatic ring is 1. The molecule has 4 N–H and O–H groups in total. The second-order valence-corrected chi connectivity index (χ2v) is 7.08. The van der Waals surface area contributed by atoms with Gasteiger partial charge in [0.15, 0.2) is 5.82 Å². The highest BCUT2D eigenvalue weighted by atomic mass is 79.9. The number of pyridine rings is 2. The van der Waals surface area contributed by atoms with Crippen LogP contribution in [-0.4, -0.2) is 37.3 Å². The fraction of sp³-hybridized carbons (Fsp3) is 0.400. The van der Waals surface area contributed by atoms with E-state index in [0.717, 1.165) is 9.99 Å². The second-order valence-electron chi connectivity index (χ2n) is 6.17. The van der Waals surface area contributed by atoms with Gasteiger partial charge >= 0.3 is 0 Å². The molecule has 3 heterocycles. The van der Waals surface area contributed by atoms with E-state index >= 15 is 0 Å². The molecule has 24 heavy (non-hydrogen) atoms. The van der Waals surface area contributed by atoms with Crippen LogP contribution in [0.4, 0.5) is 5.82 Å². The van der Waals surface area contributed by atoms with Crippen molar-refractivity contribution in [1.29, 1.82) is 0 Å². The molecule has 0 saturated heterocycles. The van der Waals surface area contributed by atoms with Crippen molar-refractivity contribution in [2.24, 2.45) is 0 Å². The summed E-state index contributed by atoms with van der Waals surface area (Å²) in [6.07, 6.45) is 1.70. The molecule has 0 spiro atoms. The molecule has 0 saturated carbocycles. The van der Waals surface area contributed by atoms with Crippen molar-refractivity contribution in [3.05, 3.63) is 22.6 Å². The number of hydrogen-bond donors (Lipinski definition) is 3. The summed E-state index contributed by atoms with van der Waals surface area (Å²) in [4.78, 5) is 18.4. The molecule has 0 aliphatic rings. The third-order valence-corrected chi connectivity index (χ3v) is 3.94. The van der Waals surface area contributed by atoms with E-state index in [4.69, 9.17) is 10.6 Å². The van der Waals surface area contributed by atoms with E-state index in [-0.39, 0.29) is 0 Å². The number of aromatic nitrogens is 4. The third-order valence-electron chi connectivity index (χ3n) is 3.51. The molecule has 128 valence electrons. The Bertz CT molecular complexity index is 902. The van der Waals surface area contributed by atoms with Crippen LogP contribution in [0.2, 0.25) is 0 Å². The van der Waals surface area contributed by atoms with Crippen LogP contribution in [-0.2, 0) is 17.9 Å². The minimum absolute atomic E-state index is 0.325. The summed E-state index contributed by atoms with van der Waals surface area (Å²) in [5.74, 6) is 1.00. The van der Waals surface area contributed by atoms with Gasteiger partial charge in [-0.1, -0.05) is 0 Å². The van der Waals surface area contributed by atoms with E-state index in [1.54, 1.807) is 20.0 Å². The third kappa shape index (κ3) is 3.20. The quantitative estimate of drug-likeness (QED) is 0.565. The molecule has 3 aromatic heterocycles. The largest absolute Gasteiger partial charge is 0.389 e. The molecule has 0 amide bonds. The maximum Gasteiger partial charge on any atom is 0.152 e. The summed E-state index contributed by atoms with van der Waals surface area (Å²) in [6, 6.07) is 1.85. The number of nitrogens with one attached hydrogen (secondary N) is 1. The Hall–Kier alpha value is -1.81. The van der Waals surface area contributed by atoms with Crippen molar-refractivity contribution in [2.45, 2.75) is 32.5 Å². The molecular weight excluding hydrogens is 376 g/mol. The Labute approximate surface area is 147 Å². The van der Waals surface area contributed by atoms with Gasteiger partial charge in [-0.2, -0.15) is 5.48 Å². The van der Waals surface area contributed by atoms with Gasteiger partial charge in [0, 0.05) is 10.7 Å². The van der Waals surface area contributed by atoms with Gasteiger partial charge in [-0.05, 0) is 35.8 Å². The van der Waals surface area contributed by atoms with Gasteiger partial charge < -0.3 is 20.2 Å². The Morgan fingerprint density at radius 2 is 2.12 bits per heavy atom. The van der Waals surface area contributed by atoms with Gasteiger partial charge in [-0.3, -0.25) is 4.98 Å². The number of aliphatic hydroxyl groups is 1. The van der Waals surface area contributed by atoms with Crippen LogP contribution in [0.3, 0.4) is 0 Å². The first-order valence-corrected chi connectivity index (χ1v) is 8.17. The van der Waals surface area contributed by atoms with Gasteiger partial charge in [0.25, 0.3) is 0 Å². The van der Waals surface area contributed by atoms with Crippen LogP contribution in [0.1, 0.15) is 19.7 Å². The Morgan fingerprint density at radius 1 is 1.38 bits per heavy atom. The minimum atomic E-state index is -0.935. The van der Waals surface area contributed by atoms with Gasteiger partial charge in [-0.25, -0.2) is 9.97 Å². The molecule has 3 rings (SSSR count). The smallest absolute Gasteiger partial charge is 0.152 e. The number of nitrogens with two attached hydrogens (primary N) is 1. The first-order valence-electron chi connectivity index (χ1n) is 7.38. The number of halogens is 1. The highest BCUT2D eigenvalue weighted by molar-refractivity contribution is 9.10. The highest BCUT2D eigenvalue weighted by Gasteiger charge is 2.23. The van der Waals surface area contributed by atoms with Crippen LogP contribution in [0.15, 0.2) is 16.7 Å². The van der Waals surface area contributed by atoms with Gasteiger partial charge in [0.05, 0.1) is 31.3 Å². The molecule has 0 unspecified atom stereocenters. The van der Waals surface area contributed by atoms with Crippen molar-refractivity contribution in [1.82, 2.24) is 25.0 Å². The monoisotopic (exact) mass is 394 g/mol. The van der Waals surface area contributed by atoms with Crippen molar-refractivity contribution in [2.75, 3.05) is 12.8 Å². The number of nitrogens with zero attached hydrogens (tertiary/aromatic N) is 4.